The zero-order chi connectivity index (χ0) is 17.8. The van der Waals surface area contributed by atoms with Gasteiger partial charge in [-0.1, -0.05) is 20.8 Å². The van der Waals surface area contributed by atoms with E-state index in [-0.39, 0.29) is 28.6 Å². The van der Waals surface area contributed by atoms with Crippen LogP contribution in [-0.4, -0.2) is 33.8 Å². The smallest absolute Gasteiger partial charge is 0.162 e. The predicted molar refractivity (Wildman–Crippen MR) is 92.4 cm³/mol. The molecule has 0 saturated heterocycles. The van der Waals surface area contributed by atoms with Crippen LogP contribution in [0.4, 0.5) is 0 Å². The second kappa shape index (κ2) is 5.84. The lowest BCUT2D eigenvalue weighted by molar-refractivity contribution is -0.144. The van der Waals surface area contributed by atoms with E-state index in [9.17, 15) is 20.1 Å². The summed E-state index contributed by atoms with van der Waals surface area (Å²) >= 11 is 0. The summed E-state index contributed by atoms with van der Waals surface area (Å²) in [6, 6.07) is 0. The fourth-order valence-corrected chi connectivity index (χ4v) is 6.37. The van der Waals surface area contributed by atoms with Crippen LogP contribution in [0.25, 0.3) is 0 Å². The van der Waals surface area contributed by atoms with Crippen LogP contribution >= 0.6 is 0 Å². The van der Waals surface area contributed by atoms with Gasteiger partial charge in [-0.3, -0.25) is 4.79 Å². The SMILES string of the molecule is CC1(C(O)CO)CCC2(C)C(CCC3(C)C(=CO)C(=O)CCC32)C1. The normalized spacial score (nSPS) is 48.7. The zero-order valence-corrected chi connectivity index (χ0v) is 15.2. The van der Waals surface area contributed by atoms with E-state index in [1.54, 1.807) is 0 Å². The van der Waals surface area contributed by atoms with Crippen LogP contribution in [-0.2, 0) is 4.79 Å². The molecule has 3 fully saturated rings. The Morgan fingerprint density at radius 3 is 2.54 bits per heavy atom. The molecule has 3 N–H and O–H groups in total. The Kier molecular flexibility index (Phi) is 4.37. The molecule has 0 aromatic carbocycles. The van der Waals surface area contributed by atoms with Gasteiger partial charge in [0.25, 0.3) is 0 Å². The largest absolute Gasteiger partial charge is 0.515 e. The maximum absolute atomic E-state index is 12.3. The van der Waals surface area contributed by atoms with Crippen LogP contribution in [0, 0.1) is 28.1 Å². The van der Waals surface area contributed by atoms with Gasteiger partial charge in [0.2, 0.25) is 0 Å². The first-order valence-corrected chi connectivity index (χ1v) is 9.38. The molecular weight excluding hydrogens is 304 g/mol. The van der Waals surface area contributed by atoms with Gasteiger partial charge in [0.1, 0.15) is 0 Å². The second-order valence-electron chi connectivity index (χ2n) is 9.27. The van der Waals surface area contributed by atoms with E-state index < -0.39 is 6.10 Å². The van der Waals surface area contributed by atoms with Crippen LogP contribution in [0.15, 0.2) is 11.8 Å². The molecule has 6 atom stereocenters. The Labute approximate surface area is 145 Å². The molecule has 3 rings (SSSR count). The molecule has 0 spiro atoms. The molecule has 24 heavy (non-hydrogen) atoms. The Morgan fingerprint density at radius 2 is 1.92 bits per heavy atom. The van der Waals surface area contributed by atoms with Crippen LogP contribution in [0.5, 0.6) is 0 Å². The Bertz CT molecular complexity index is 556. The van der Waals surface area contributed by atoms with Crippen molar-refractivity contribution in [1.29, 1.82) is 0 Å². The average molecular weight is 336 g/mol. The van der Waals surface area contributed by atoms with Crippen molar-refractivity contribution in [2.45, 2.75) is 71.8 Å². The molecule has 3 aliphatic rings. The minimum absolute atomic E-state index is 0.106. The summed E-state index contributed by atoms with van der Waals surface area (Å²) in [5.41, 5.74) is 0.324. The molecule has 0 aliphatic heterocycles. The van der Waals surface area contributed by atoms with Crippen molar-refractivity contribution in [3.8, 4) is 0 Å². The molecule has 4 heteroatoms. The number of rotatable bonds is 2. The summed E-state index contributed by atoms with van der Waals surface area (Å²) in [6.45, 7) is 6.45. The summed E-state index contributed by atoms with van der Waals surface area (Å²) in [6.07, 6.45) is 6.63. The predicted octanol–water partition coefficient (Wildman–Crippen LogP) is 3.37. The van der Waals surface area contributed by atoms with Gasteiger partial charge in [0.15, 0.2) is 5.78 Å². The molecule has 0 amide bonds. The highest BCUT2D eigenvalue weighted by molar-refractivity contribution is 5.97. The summed E-state index contributed by atoms with van der Waals surface area (Å²) < 4.78 is 0. The molecule has 136 valence electrons. The van der Waals surface area contributed by atoms with Crippen molar-refractivity contribution in [1.82, 2.24) is 0 Å². The second-order valence-corrected chi connectivity index (χ2v) is 9.27. The van der Waals surface area contributed by atoms with E-state index in [0.29, 0.717) is 23.8 Å². The van der Waals surface area contributed by atoms with Gasteiger partial charge in [-0.2, -0.15) is 0 Å². The van der Waals surface area contributed by atoms with E-state index in [1.807, 2.05) is 0 Å². The number of fused-ring (bicyclic) bond motifs is 3. The molecule has 0 heterocycles. The van der Waals surface area contributed by atoms with Crippen LogP contribution < -0.4 is 0 Å². The van der Waals surface area contributed by atoms with Crippen LogP contribution in [0.2, 0.25) is 0 Å². The van der Waals surface area contributed by atoms with Gasteiger partial charge >= 0.3 is 0 Å². The molecule has 3 aliphatic carbocycles. The van der Waals surface area contributed by atoms with Gasteiger partial charge < -0.3 is 15.3 Å². The van der Waals surface area contributed by atoms with Crippen LogP contribution in [0.3, 0.4) is 0 Å². The molecule has 0 aromatic rings. The lowest BCUT2D eigenvalue weighted by Gasteiger charge is -2.62. The zero-order valence-electron chi connectivity index (χ0n) is 15.2. The minimum atomic E-state index is -0.656. The topological polar surface area (TPSA) is 77.8 Å². The fourth-order valence-electron chi connectivity index (χ4n) is 6.37. The van der Waals surface area contributed by atoms with Gasteiger partial charge in [-0.15, -0.1) is 0 Å². The summed E-state index contributed by atoms with van der Waals surface area (Å²) in [4.78, 5) is 12.3. The molecule has 3 saturated carbocycles. The molecule has 6 unspecified atom stereocenters. The van der Waals surface area contributed by atoms with E-state index in [2.05, 4.69) is 20.8 Å². The summed E-state index contributed by atoms with van der Waals surface area (Å²) in [5.74, 6) is 1.01. The van der Waals surface area contributed by atoms with Gasteiger partial charge in [-0.25, -0.2) is 0 Å². The number of aliphatic hydroxyl groups is 3. The number of Topliss-reactive ketones (excluding diaryl/α,β-unsaturated/α-hetero) is 1. The summed E-state index contributed by atoms with van der Waals surface area (Å²) in [7, 11) is 0. The number of aliphatic hydroxyl groups excluding tert-OH is 3. The van der Waals surface area contributed by atoms with Crippen molar-refractivity contribution in [2.24, 2.45) is 28.1 Å². The van der Waals surface area contributed by atoms with Gasteiger partial charge in [0.05, 0.1) is 19.0 Å². The first-order chi connectivity index (χ1) is 11.2. The van der Waals surface area contributed by atoms with Crippen molar-refractivity contribution in [3.63, 3.8) is 0 Å². The van der Waals surface area contributed by atoms with Crippen molar-refractivity contribution in [2.75, 3.05) is 6.61 Å². The Hall–Kier alpha value is -0.870. The average Bonchev–Trinajstić information content (AvgIpc) is 2.55. The first kappa shape index (κ1) is 17.9. The fraction of sp³-hybridized carbons (Fsp3) is 0.850. The molecule has 4 nitrogen and oxygen atoms in total. The summed E-state index contributed by atoms with van der Waals surface area (Å²) in [5, 5.41) is 29.4. The Morgan fingerprint density at radius 1 is 1.21 bits per heavy atom. The Balaban J connectivity index is 1.92. The standard InChI is InChI=1S/C20H32O4/c1-18(17(24)12-22)8-9-19(2)13(10-18)6-7-20(3)14(11-21)15(23)4-5-16(19)20/h11,13,16-17,21-22,24H,4-10,12H2,1-3H3. The number of ketones is 1. The number of carbonyl (C=O) groups is 1. The van der Waals surface area contributed by atoms with Crippen molar-refractivity contribution in [3.05, 3.63) is 11.8 Å². The third-order valence-corrected chi connectivity index (χ3v) is 8.14. The van der Waals surface area contributed by atoms with E-state index >= 15 is 0 Å². The lowest BCUT2D eigenvalue weighted by atomic mass is 9.42. The van der Waals surface area contributed by atoms with Crippen molar-refractivity contribution >= 4 is 5.78 Å². The van der Waals surface area contributed by atoms with Crippen LogP contribution in [0.1, 0.15) is 65.7 Å². The highest BCUT2D eigenvalue weighted by Gasteiger charge is 2.60. The highest BCUT2D eigenvalue weighted by Crippen LogP contribution is 2.66. The van der Waals surface area contributed by atoms with E-state index in [1.165, 1.54) is 0 Å². The van der Waals surface area contributed by atoms with E-state index in [0.717, 1.165) is 44.8 Å². The minimum Gasteiger partial charge on any atom is -0.515 e. The van der Waals surface area contributed by atoms with Gasteiger partial charge in [-0.05, 0) is 61.2 Å². The molecule has 0 radical (unpaired) electrons. The lowest BCUT2D eigenvalue weighted by Crippen LogP contribution is -2.56. The molecule has 0 bridgehead atoms. The number of carbonyl (C=O) groups excluding carboxylic acids is 1. The third-order valence-electron chi connectivity index (χ3n) is 8.14. The van der Waals surface area contributed by atoms with Gasteiger partial charge in [0, 0.05) is 17.4 Å². The first-order valence-electron chi connectivity index (χ1n) is 9.38. The molecule has 0 aromatic heterocycles. The highest BCUT2D eigenvalue weighted by atomic mass is 16.3. The maximum Gasteiger partial charge on any atom is 0.162 e. The third kappa shape index (κ3) is 2.37. The molecular formula is C20H32O4. The number of hydrogen-bond acceptors (Lipinski definition) is 4. The monoisotopic (exact) mass is 336 g/mol. The van der Waals surface area contributed by atoms with E-state index in [4.69, 9.17) is 0 Å². The van der Waals surface area contributed by atoms with Crippen molar-refractivity contribution < 1.29 is 20.1 Å². The number of hydrogen-bond donors (Lipinski definition) is 3. The number of allylic oxidation sites excluding steroid dienone is 1. The maximum atomic E-state index is 12.3. The quantitative estimate of drug-likeness (QED) is 0.534.